The normalized spacial score (nSPS) is 26.0. The quantitative estimate of drug-likeness (QED) is 0.808. The average molecular weight is 310 g/mol. The Balaban J connectivity index is 1.58. The van der Waals surface area contributed by atoms with Gasteiger partial charge in [-0.05, 0) is 11.4 Å². The Hall–Kier alpha value is -0.950. The van der Waals surface area contributed by atoms with Crippen LogP contribution in [0.2, 0.25) is 0 Å². The number of hydrogen-bond acceptors (Lipinski definition) is 5. The Labute approximate surface area is 129 Å². The minimum atomic E-state index is 0.155. The number of morpholine rings is 1. The summed E-state index contributed by atoms with van der Waals surface area (Å²) in [4.78, 5) is 17.9. The van der Waals surface area contributed by atoms with Crippen LogP contribution in [0.1, 0.15) is 4.88 Å². The van der Waals surface area contributed by atoms with Gasteiger partial charge in [-0.25, -0.2) is 0 Å². The van der Waals surface area contributed by atoms with E-state index in [9.17, 15) is 4.79 Å². The third-order valence-corrected chi connectivity index (χ3v) is 5.13. The molecule has 0 aliphatic carbocycles. The number of thiophene rings is 1. The molecule has 2 aliphatic rings. The predicted molar refractivity (Wildman–Crippen MR) is 81.6 cm³/mol. The van der Waals surface area contributed by atoms with Crippen molar-refractivity contribution in [2.45, 2.75) is 18.6 Å². The largest absolute Gasteiger partial charge is 0.383 e. The maximum atomic E-state index is 12.4. The lowest BCUT2D eigenvalue weighted by molar-refractivity contribution is -0.129. The van der Waals surface area contributed by atoms with E-state index >= 15 is 0 Å². The topological polar surface area (TPSA) is 42.0 Å². The van der Waals surface area contributed by atoms with Gasteiger partial charge >= 0.3 is 0 Å². The zero-order valence-electron chi connectivity index (χ0n) is 12.4. The molecule has 0 spiro atoms. The second-order valence-electron chi connectivity index (χ2n) is 5.56. The molecular formula is C15H22N2O3S. The molecule has 116 valence electrons. The van der Waals surface area contributed by atoms with E-state index in [1.807, 2.05) is 22.4 Å². The standard InChI is InChI=1S/C15H22N2O3S/c1-19-6-4-16-5-7-20-14-11-17(10-13(14)16)15(18)9-12-3-2-8-21-12/h2-3,8,13-14H,4-7,9-11H2,1H3/t13-,14+/m1/s1. The number of nitrogens with zero attached hydrogens (tertiary/aromatic N) is 2. The second kappa shape index (κ2) is 6.87. The van der Waals surface area contributed by atoms with Crippen molar-refractivity contribution < 1.29 is 14.3 Å². The molecule has 0 bridgehead atoms. The van der Waals surface area contributed by atoms with E-state index in [0.717, 1.165) is 44.3 Å². The van der Waals surface area contributed by atoms with Crippen LogP contribution in [0, 0.1) is 0 Å². The molecule has 1 aromatic heterocycles. The molecule has 1 aromatic rings. The van der Waals surface area contributed by atoms with Crippen LogP contribution in [0.25, 0.3) is 0 Å². The van der Waals surface area contributed by atoms with Gasteiger partial charge in [0.05, 0.1) is 31.8 Å². The van der Waals surface area contributed by atoms with Crippen LogP contribution in [0.15, 0.2) is 17.5 Å². The Morgan fingerprint density at radius 1 is 1.52 bits per heavy atom. The molecule has 6 heteroatoms. The van der Waals surface area contributed by atoms with Gasteiger partial charge in [-0.3, -0.25) is 9.69 Å². The first kappa shape index (κ1) is 15.0. The number of methoxy groups -OCH3 is 1. The van der Waals surface area contributed by atoms with Gasteiger partial charge in [0.2, 0.25) is 5.91 Å². The zero-order valence-corrected chi connectivity index (χ0v) is 13.2. The highest BCUT2D eigenvalue weighted by molar-refractivity contribution is 7.10. The summed E-state index contributed by atoms with van der Waals surface area (Å²) in [7, 11) is 1.73. The highest BCUT2D eigenvalue weighted by Gasteiger charge is 2.41. The van der Waals surface area contributed by atoms with Crippen molar-refractivity contribution in [2.75, 3.05) is 46.5 Å². The van der Waals surface area contributed by atoms with E-state index < -0.39 is 0 Å². The van der Waals surface area contributed by atoms with E-state index in [2.05, 4.69) is 4.90 Å². The monoisotopic (exact) mass is 310 g/mol. The fourth-order valence-corrected chi connectivity index (χ4v) is 3.82. The molecule has 21 heavy (non-hydrogen) atoms. The lowest BCUT2D eigenvalue weighted by Crippen LogP contribution is -2.51. The summed E-state index contributed by atoms with van der Waals surface area (Å²) in [5.74, 6) is 0.210. The number of fused-ring (bicyclic) bond motifs is 1. The molecule has 0 saturated carbocycles. The summed E-state index contributed by atoms with van der Waals surface area (Å²) in [6.45, 7) is 4.81. The smallest absolute Gasteiger partial charge is 0.227 e. The fraction of sp³-hybridized carbons (Fsp3) is 0.667. The van der Waals surface area contributed by atoms with Crippen molar-refractivity contribution in [3.05, 3.63) is 22.4 Å². The van der Waals surface area contributed by atoms with Crippen molar-refractivity contribution in [3.63, 3.8) is 0 Å². The van der Waals surface area contributed by atoms with E-state index in [-0.39, 0.29) is 12.0 Å². The lowest BCUT2D eigenvalue weighted by atomic mass is 10.1. The summed E-state index contributed by atoms with van der Waals surface area (Å²) in [6.07, 6.45) is 0.665. The number of likely N-dealkylation sites (tertiary alicyclic amines) is 1. The van der Waals surface area contributed by atoms with E-state index in [1.165, 1.54) is 0 Å². The first-order chi connectivity index (χ1) is 10.3. The van der Waals surface area contributed by atoms with Crippen molar-refractivity contribution >= 4 is 17.2 Å². The van der Waals surface area contributed by atoms with Gasteiger partial charge in [0, 0.05) is 38.2 Å². The fourth-order valence-electron chi connectivity index (χ4n) is 3.12. The molecule has 0 radical (unpaired) electrons. The van der Waals surface area contributed by atoms with E-state index in [0.29, 0.717) is 12.5 Å². The van der Waals surface area contributed by atoms with Gasteiger partial charge in [0.1, 0.15) is 0 Å². The van der Waals surface area contributed by atoms with E-state index in [1.54, 1.807) is 18.4 Å². The molecule has 2 aliphatic heterocycles. The summed E-state index contributed by atoms with van der Waals surface area (Å²) < 4.78 is 11.0. The summed E-state index contributed by atoms with van der Waals surface area (Å²) in [5, 5.41) is 2.02. The molecule has 0 unspecified atom stereocenters. The van der Waals surface area contributed by atoms with Gasteiger partial charge in [-0.2, -0.15) is 0 Å². The molecular weight excluding hydrogens is 288 g/mol. The van der Waals surface area contributed by atoms with Crippen LogP contribution in [-0.2, 0) is 20.7 Å². The third kappa shape index (κ3) is 3.45. The molecule has 1 amide bonds. The number of amides is 1. The molecule has 2 atom stereocenters. The molecule has 0 N–H and O–H groups in total. The highest BCUT2D eigenvalue weighted by atomic mass is 32.1. The predicted octanol–water partition coefficient (Wildman–Crippen LogP) is 0.849. The van der Waals surface area contributed by atoms with Crippen LogP contribution in [-0.4, -0.2) is 74.4 Å². The van der Waals surface area contributed by atoms with Crippen LogP contribution in [0.4, 0.5) is 0 Å². The minimum Gasteiger partial charge on any atom is -0.383 e. The van der Waals surface area contributed by atoms with Crippen LogP contribution >= 0.6 is 11.3 Å². The number of ether oxygens (including phenoxy) is 2. The Kier molecular flexibility index (Phi) is 4.90. The van der Waals surface area contributed by atoms with Gasteiger partial charge in [0.15, 0.2) is 0 Å². The van der Waals surface area contributed by atoms with Crippen molar-refractivity contribution in [1.29, 1.82) is 0 Å². The first-order valence-electron chi connectivity index (χ1n) is 7.42. The van der Waals surface area contributed by atoms with Crippen molar-refractivity contribution in [3.8, 4) is 0 Å². The molecule has 0 aromatic carbocycles. The van der Waals surface area contributed by atoms with Crippen molar-refractivity contribution in [1.82, 2.24) is 9.80 Å². The van der Waals surface area contributed by atoms with E-state index in [4.69, 9.17) is 9.47 Å². The molecule has 2 fully saturated rings. The summed E-state index contributed by atoms with van der Waals surface area (Å²) >= 11 is 1.64. The maximum Gasteiger partial charge on any atom is 0.227 e. The number of carbonyl (C=O) groups is 1. The molecule has 2 saturated heterocycles. The number of hydrogen-bond donors (Lipinski definition) is 0. The Bertz CT molecular complexity index is 465. The van der Waals surface area contributed by atoms with Crippen LogP contribution < -0.4 is 0 Å². The van der Waals surface area contributed by atoms with Gasteiger partial charge < -0.3 is 14.4 Å². The first-order valence-corrected chi connectivity index (χ1v) is 8.30. The number of carbonyl (C=O) groups excluding carboxylic acids is 1. The number of rotatable bonds is 5. The molecule has 5 nitrogen and oxygen atoms in total. The van der Waals surface area contributed by atoms with Crippen LogP contribution in [0.5, 0.6) is 0 Å². The van der Waals surface area contributed by atoms with Gasteiger partial charge in [-0.1, -0.05) is 6.07 Å². The summed E-state index contributed by atoms with van der Waals surface area (Å²) in [5.41, 5.74) is 0. The molecule has 3 heterocycles. The zero-order chi connectivity index (χ0) is 14.7. The maximum absolute atomic E-state index is 12.4. The second-order valence-corrected chi connectivity index (χ2v) is 6.59. The molecule has 3 rings (SSSR count). The van der Waals surface area contributed by atoms with Gasteiger partial charge in [0.25, 0.3) is 0 Å². The Morgan fingerprint density at radius 3 is 3.19 bits per heavy atom. The third-order valence-electron chi connectivity index (χ3n) is 4.26. The SMILES string of the molecule is COCCN1CCO[C@H]2CN(C(=O)Cc3cccs3)C[C@H]21. The lowest BCUT2D eigenvalue weighted by Gasteiger charge is -2.36. The highest BCUT2D eigenvalue weighted by Crippen LogP contribution is 2.23. The Morgan fingerprint density at radius 2 is 2.43 bits per heavy atom. The van der Waals surface area contributed by atoms with Crippen molar-refractivity contribution in [2.24, 2.45) is 0 Å². The minimum absolute atomic E-state index is 0.155. The van der Waals surface area contributed by atoms with Crippen LogP contribution in [0.3, 0.4) is 0 Å². The average Bonchev–Trinajstić information content (AvgIpc) is 3.13. The van der Waals surface area contributed by atoms with Gasteiger partial charge in [-0.15, -0.1) is 11.3 Å². The summed E-state index contributed by atoms with van der Waals surface area (Å²) in [6, 6.07) is 4.33.